The molecule has 2 unspecified atom stereocenters. The van der Waals surface area contributed by atoms with Crippen LogP contribution in [0.4, 0.5) is 0 Å². The molecule has 0 aliphatic carbocycles. The first-order chi connectivity index (χ1) is 13.5. The second-order valence-corrected chi connectivity index (χ2v) is 6.91. The highest BCUT2D eigenvalue weighted by atomic mass is 16.5. The molecule has 1 aliphatic rings. The molecular weight excluding hydrogens is 358 g/mol. The standard InChI is InChI=1S/C22H23NO5/c1-28-17-9-7-16(8-10-17)20(24)11-12-21(25)23-13-18(19(14-23)22(26)27)15-5-3-2-4-6-15/h2-10,18-19H,11-14H2,1H3,(H,26,27). The first-order valence-corrected chi connectivity index (χ1v) is 9.22. The van der Waals surface area contributed by atoms with Crippen LogP contribution >= 0.6 is 0 Å². The van der Waals surface area contributed by atoms with Crippen LogP contribution in [0.5, 0.6) is 5.75 Å². The van der Waals surface area contributed by atoms with Crippen molar-refractivity contribution in [1.29, 1.82) is 0 Å². The average molecular weight is 381 g/mol. The van der Waals surface area contributed by atoms with Crippen LogP contribution in [0.2, 0.25) is 0 Å². The number of amides is 1. The number of rotatable bonds is 7. The number of carboxylic acid groups (broad SMARTS) is 1. The number of hydrogen-bond acceptors (Lipinski definition) is 4. The molecule has 2 atom stereocenters. The Kier molecular flexibility index (Phi) is 6.09. The second kappa shape index (κ2) is 8.69. The Labute approximate surface area is 163 Å². The van der Waals surface area contributed by atoms with E-state index >= 15 is 0 Å². The molecule has 1 saturated heterocycles. The summed E-state index contributed by atoms with van der Waals surface area (Å²) in [6.45, 7) is 0.529. The largest absolute Gasteiger partial charge is 0.497 e. The van der Waals surface area contributed by atoms with Gasteiger partial charge in [-0.2, -0.15) is 0 Å². The fourth-order valence-electron chi connectivity index (χ4n) is 3.60. The lowest BCUT2D eigenvalue weighted by atomic mass is 9.89. The number of carbonyl (C=O) groups is 3. The normalized spacial score (nSPS) is 18.7. The van der Waals surface area contributed by atoms with Gasteiger partial charge in [-0.3, -0.25) is 14.4 Å². The summed E-state index contributed by atoms with van der Waals surface area (Å²) in [5.41, 5.74) is 1.44. The van der Waals surface area contributed by atoms with Crippen LogP contribution in [0, 0.1) is 5.92 Å². The molecule has 1 N–H and O–H groups in total. The summed E-state index contributed by atoms with van der Waals surface area (Å²) < 4.78 is 5.07. The Balaban J connectivity index is 1.61. The molecule has 2 aromatic carbocycles. The van der Waals surface area contributed by atoms with Crippen LogP contribution in [-0.2, 0) is 9.59 Å². The van der Waals surface area contributed by atoms with Crippen molar-refractivity contribution in [2.45, 2.75) is 18.8 Å². The van der Waals surface area contributed by atoms with Crippen molar-refractivity contribution in [3.8, 4) is 5.75 Å². The van der Waals surface area contributed by atoms with Gasteiger partial charge in [-0.25, -0.2) is 0 Å². The maximum atomic E-state index is 12.6. The zero-order valence-corrected chi connectivity index (χ0v) is 15.7. The fourth-order valence-corrected chi connectivity index (χ4v) is 3.60. The van der Waals surface area contributed by atoms with Crippen molar-refractivity contribution >= 4 is 17.7 Å². The average Bonchev–Trinajstić information content (AvgIpc) is 3.18. The molecule has 0 saturated carbocycles. The SMILES string of the molecule is COc1ccc(C(=O)CCC(=O)N2CC(C(=O)O)C(c3ccccc3)C2)cc1. The van der Waals surface area contributed by atoms with Crippen molar-refractivity contribution < 1.29 is 24.2 Å². The number of ketones is 1. The van der Waals surface area contributed by atoms with E-state index in [-0.39, 0.29) is 37.0 Å². The first-order valence-electron chi connectivity index (χ1n) is 9.22. The molecule has 6 nitrogen and oxygen atoms in total. The predicted octanol–water partition coefficient (Wildman–Crippen LogP) is 2.98. The monoisotopic (exact) mass is 381 g/mol. The van der Waals surface area contributed by atoms with E-state index < -0.39 is 11.9 Å². The molecule has 0 spiro atoms. The molecule has 1 aliphatic heterocycles. The molecule has 2 aromatic rings. The number of methoxy groups -OCH3 is 1. The number of carboxylic acids is 1. The van der Waals surface area contributed by atoms with Gasteiger partial charge in [-0.05, 0) is 29.8 Å². The number of likely N-dealkylation sites (tertiary alicyclic amines) is 1. The number of carbonyl (C=O) groups excluding carboxylic acids is 2. The summed E-state index contributed by atoms with van der Waals surface area (Å²) in [7, 11) is 1.55. The van der Waals surface area contributed by atoms with Crippen LogP contribution in [0.15, 0.2) is 54.6 Å². The van der Waals surface area contributed by atoms with E-state index in [2.05, 4.69) is 0 Å². The predicted molar refractivity (Wildman–Crippen MR) is 103 cm³/mol. The lowest BCUT2D eigenvalue weighted by Crippen LogP contribution is -2.30. The highest BCUT2D eigenvalue weighted by molar-refractivity contribution is 5.98. The highest BCUT2D eigenvalue weighted by Gasteiger charge is 2.40. The maximum Gasteiger partial charge on any atom is 0.308 e. The van der Waals surface area contributed by atoms with Gasteiger partial charge >= 0.3 is 5.97 Å². The molecule has 28 heavy (non-hydrogen) atoms. The van der Waals surface area contributed by atoms with Crippen molar-refractivity contribution in [2.24, 2.45) is 5.92 Å². The van der Waals surface area contributed by atoms with Crippen molar-refractivity contribution in [3.63, 3.8) is 0 Å². The third kappa shape index (κ3) is 4.39. The second-order valence-electron chi connectivity index (χ2n) is 6.91. The Morgan fingerprint density at radius 1 is 1.00 bits per heavy atom. The minimum absolute atomic E-state index is 0.0682. The number of ether oxygens (including phenoxy) is 1. The molecule has 1 amide bonds. The lowest BCUT2D eigenvalue weighted by Gasteiger charge is -2.16. The molecule has 1 fully saturated rings. The third-order valence-corrected chi connectivity index (χ3v) is 5.20. The molecule has 0 aromatic heterocycles. The van der Waals surface area contributed by atoms with E-state index in [0.29, 0.717) is 17.9 Å². The van der Waals surface area contributed by atoms with Gasteiger partial charge in [-0.15, -0.1) is 0 Å². The summed E-state index contributed by atoms with van der Waals surface area (Å²) in [5.74, 6) is -1.42. The zero-order valence-electron chi connectivity index (χ0n) is 15.7. The van der Waals surface area contributed by atoms with Gasteiger partial charge in [0, 0.05) is 37.4 Å². The summed E-state index contributed by atoms with van der Waals surface area (Å²) in [4.78, 5) is 38.1. The minimum atomic E-state index is -0.904. The van der Waals surface area contributed by atoms with Crippen LogP contribution in [0.3, 0.4) is 0 Å². The van der Waals surface area contributed by atoms with E-state index in [1.165, 1.54) is 0 Å². The number of hydrogen-bond donors (Lipinski definition) is 1. The van der Waals surface area contributed by atoms with E-state index in [1.54, 1.807) is 36.3 Å². The van der Waals surface area contributed by atoms with Crippen LogP contribution < -0.4 is 4.74 Å². The smallest absolute Gasteiger partial charge is 0.308 e. The summed E-state index contributed by atoms with van der Waals surface area (Å²) in [6.07, 6.45) is 0.161. The van der Waals surface area contributed by atoms with Gasteiger partial charge in [-0.1, -0.05) is 30.3 Å². The van der Waals surface area contributed by atoms with Crippen LogP contribution in [-0.4, -0.2) is 47.9 Å². The minimum Gasteiger partial charge on any atom is -0.497 e. The maximum absolute atomic E-state index is 12.6. The van der Waals surface area contributed by atoms with Crippen LogP contribution in [0.1, 0.15) is 34.7 Å². The number of benzene rings is 2. The molecule has 6 heteroatoms. The number of Topliss-reactive ketones (excluding diaryl/α,β-unsaturated/α-hetero) is 1. The number of nitrogens with zero attached hydrogens (tertiary/aromatic N) is 1. The summed E-state index contributed by atoms with van der Waals surface area (Å²) in [5, 5.41) is 9.55. The molecule has 0 bridgehead atoms. The molecule has 1 heterocycles. The number of aliphatic carboxylic acids is 1. The van der Waals surface area contributed by atoms with E-state index in [1.807, 2.05) is 30.3 Å². The van der Waals surface area contributed by atoms with Gasteiger partial charge in [0.1, 0.15) is 5.75 Å². The fraction of sp³-hybridized carbons (Fsp3) is 0.318. The Bertz CT molecular complexity index is 847. The van der Waals surface area contributed by atoms with Gasteiger partial charge < -0.3 is 14.7 Å². The van der Waals surface area contributed by atoms with Gasteiger partial charge in [0.05, 0.1) is 13.0 Å². The van der Waals surface area contributed by atoms with Gasteiger partial charge in [0.25, 0.3) is 0 Å². The Morgan fingerprint density at radius 2 is 1.68 bits per heavy atom. The van der Waals surface area contributed by atoms with Gasteiger partial charge in [0.15, 0.2) is 5.78 Å². The van der Waals surface area contributed by atoms with Gasteiger partial charge in [0.2, 0.25) is 5.91 Å². The van der Waals surface area contributed by atoms with Crippen LogP contribution in [0.25, 0.3) is 0 Å². The van der Waals surface area contributed by atoms with Crippen molar-refractivity contribution in [1.82, 2.24) is 4.90 Å². The molecule has 0 radical (unpaired) electrons. The van der Waals surface area contributed by atoms with E-state index in [0.717, 1.165) is 5.56 Å². The van der Waals surface area contributed by atoms with Crippen molar-refractivity contribution in [2.75, 3.05) is 20.2 Å². The van der Waals surface area contributed by atoms with Crippen molar-refractivity contribution in [3.05, 3.63) is 65.7 Å². The zero-order chi connectivity index (χ0) is 20.1. The first kappa shape index (κ1) is 19.6. The molecule has 146 valence electrons. The highest BCUT2D eigenvalue weighted by Crippen LogP contribution is 2.33. The van der Waals surface area contributed by atoms with E-state index in [9.17, 15) is 19.5 Å². The van der Waals surface area contributed by atoms with E-state index in [4.69, 9.17) is 4.74 Å². The quantitative estimate of drug-likeness (QED) is 0.746. The summed E-state index contributed by atoms with van der Waals surface area (Å²) in [6, 6.07) is 16.2. The topological polar surface area (TPSA) is 83.9 Å². The third-order valence-electron chi connectivity index (χ3n) is 5.20. The Morgan fingerprint density at radius 3 is 2.29 bits per heavy atom. The Hall–Kier alpha value is -3.15. The molecule has 3 rings (SSSR count). The molecular formula is C22H23NO5. The summed E-state index contributed by atoms with van der Waals surface area (Å²) >= 11 is 0. The lowest BCUT2D eigenvalue weighted by molar-refractivity contribution is -0.141.